The van der Waals surface area contributed by atoms with E-state index >= 15 is 0 Å². The molecule has 0 unspecified atom stereocenters. The molecule has 0 aliphatic heterocycles. The lowest BCUT2D eigenvalue weighted by Crippen LogP contribution is -2.02. The number of aromatic nitrogens is 1. The first-order valence-electron chi connectivity index (χ1n) is 3.55. The Bertz CT molecular complexity index is 473. The Morgan fingerprint density at radius 1 is 1.50 bits per heavy atom. The molecule has 1 radical (unpaired) electrons. The Balaban J connectivity index is 3.05. The van der Waals surface area contributed by atoms with Crippen LogP contribution in [0, 0.1) is 13.0 Å². The van der Waals surface area contributed by atoms with Gasteiger partial charge < -0.3 is 4.52 Å². The van der Waals surface area contributed by atoms with E-state index in [-0.39, 0.29) is 0 Å². The molecule has 0 spiro atoms. The average molecular weight is 160 g/mol. The average Bonchev–Trinajstić information content (AvgIpc) is 2.12. The van der Waals surface area contributed by atoms with Crippen molar-refractivity contribution in [1.82, 2.24) is 5.16 Å². The van der Waals surface area contributed by atoms with E-state index in [0.29, 0.717) is 11.1 Å². The summed E-state index contributed by atoms with van der Waals surface area (Å²) in [4.78, 5) is 11.1. The smallest absolute Gasteiger partial charge is 0.313 e. The number of hydrogen-bond donors (Lipinski definition) is 0. The molecule has 0 atom stereocenters. The van der Waals surface area contributed by atoms with Crippen LogP contribution < -0.4 is 5.63 Å². The van der Waals surface area contributed by atoms with Crippen LogP contribution in [0.2, 0.25) is 0 Å². The molecule has 3 heteroatoms. The van der Waals surface area contributed by atoms with Crippen molar-refractivity contribution in [1.29, 1.82) is 0 Å². The number of rotatable bonds is 0. The molecular weight excluding hydrogens is 154 g/mol. The van der Waals surface area contributed by atoms with Crippen molar-refractivity contribution in [2.45, 2.75) is 6.92 Å². The SMILES string of the molecule is Cc1noc(=O)c2cc[c]cc12. The molecule has 0 amide bonds. The van der Waals surface area contributed by atoms with Crippen LogP contribution in [-0.4, -0.2) is 5.16 Å². The second-order valence-electron chi connectivity index (χ2n) is 2.53. The van der Waals surface area contributed by atoms with Crippen LogP contribution in [0.4, 0.5) is 0 Å². The summed E-state index contributed by atoms with van der Waals surface area (Å²) in [5.41, 5.74) is 0.311. The zero-order valence-electron chi connectivity index (χ0n) is 6.50. The maximum absolute atomic E-state index is 11.1. The zero-order valence-corrected chi connectivity index (χ0v) is 6.50. The lowest BCUT2D eigenvalue weighted by atomic mass is 10.1. The van der Waals surface area contributed by atoms with Gasteiger partial charge in [-0.15, -0.1) is 0 Å². The van der Waals surface area contributed by atoms with Crippen LogP contribution in [0.25, 0.3) is 10.8 Å². The maximum atomic E-state index is 11.1. The Morgan fingerprint density at radius 3 is 3.08 bits per heavy atom. The molecule has 2 rings (SSSR count). The molecule has 0 aliphatic carbocycles. The van der Waals surface area contributed by atoms with Crippen molar-refractivity contribution in [3.05, 3.63) is 40.4 Å². The van der Waals surface area contributed by atoms with E-state index in [1.54, 1.807) is 25.1 Å². The highest BCUT2D eigenvalue weighted by molar-refractivity contribution is 5.82. The Hall–Kier alpha value is -1.64. The predicted molar refractivity (Wildman–Crippen MR) is 43.9 cm³/mol. The highest BCUT2D eigenvalue weighted by atomic mass is 16.5. The molecule has 0 bridgehead atoms. The van der Waals surface area contributed by atoms with E-state index in [2.05, 4.69) is 15.7 Å². The Kier molecular flexibility index (Phi) is 1.43. The Labute approximate surface area is 68.6 Å². The third-order valence-electron chi connectivity index (χ3n) is 1.74. The molecule has 1 heterocycles. The largest absolute Gasteiger partial charge is 0.366 e. The second kappa shape index (κ2) is 2.44. The molecule has 0 saturated heterocycles. The molecule has 0 saturated carbocycles. The second-order valence-corrected chi connectivity index (χ2v) is 2.53. The predicted octanol–water partition coefficient (Wildman–Crippen LogP) is 1.30. The van der Waals surface area contributed by atoms with Crippen LogP contribution in [0.3, 0.4) is 0 Å². The van der Waals surface area contributed by atoms with E-state index in [1.165, 1.54) is 0 Å². The van der Waals surface area contributed by atoms with Crippen LogP contribution >= 0.6 is 0 Å². The fraction of sp³-hybridized carbons (Fsp3) is 0.111. The van der Waals surface area contributed by atoms with Gasteiger partial charge in [-0.3, -0.25) is 0 Å². The topological polar surface area (TPSA) is 43.1 Å². The molecule has 1 aromatic heterocycles. The minimum Gasteiger partial charge on any atom is -0.313 e. The maximum Gasteiger partial charge on any atom is 0.366 e. The van der Waals surface area contributed by atoms with Gasteiger partial charge in [-0.25, -0.2) is 4.79 Å². The summed E-state index contributed by atoms with van der Waals surface area (Å²) in [5.74, 6) is 0. The molecule has 1 aromatic carbocycles. The fourth-order valence-electron chi connectivity index (χ4n) is 1.12. The quantitative estimate of drug-likeness (QED) is 0.583. The van der Waals surface area contributed by atoms with E-state index in [9.17, 15) is 4.79 Å². The first-order chi connectivity index (χ1) is 5.79. The van der Waals surface area contributed by atoms with Crippen molar-refractivity contribution in [3.63, 3.8) is 0 Å². The van der Waals surface area contributed by atoms with Gasteiger partial charge >= 0.3 is 5.63 Å². The zero-order chi connectivity index (χ0) is 8.55. The third-order valence-corrected chi connectivity index (χ3v) is 1.74. The van der Waals surface area contributed by atoms with Crippen molar-refractivity contribution < 1.29 is 4.52 Å². The summed E-state index contributed by atoms with van der Waals surface area (Å²) >= 11 is 0. The molecule has 59 valence electrons. The molecule has 2 aromatic rings. The Morgan fingerprint density at radius 2 is 2.33 bits per heavy atom. The molecule has 0 N–H and O–H groups in total. The molecule has 12 heavy (non-hydrogen) atoms. The summed E-state index contributed by atoms with van der Waals surface area (Å²) in [7, 11) is 0. The van der Waals surface area contributed by atoms with E-state index in [0.717, 1.165) is 5.39 Å². The minimum atomic E-state index is -0.399. The lowest BCUT2D eigenvalue weighted by Gasteiger charge is -1.95. The van der Waals surface area contributed by atoms with Gasteiger partial charge in [-0.1, -0.05) is 11.2 Å². The normalized spacial score (nSPS) is 10.4. The van der Waals surface area contributed by atoms with Gasteiger partial charge in [0.15, 0.2) is 0 Å². The first-order valence-corrected chi connectivity index (χ1v) is 3.55. The van der Waals surface area contributed by atoms with Gasteiger partial charge in [0.05, 0.1) is 11.1 Å². The minimum absolute atomic E-state index is 0.399. The molecule has 0 aliphatic rings. The fourth-order valence-corrected chi connectivity index (χ4v) is 1.12. The van der Waals surface area contributed by atoms with E-state index < -0.39 is 5.63 Å². The van der Waals surface area contributed by atoms with Gasteiger partial charge in [0.25, 0.3) is 0 Å². The number of benzene rings is 1. The summed E-state index contributed by atoms with van der Waals surface area (Å²) in [6.07, 6.45) is 0. The van der Waals surface area contributed by atoms with Crippen molar-refractivity contribution in [2.75, 3.05) is 0 Å². The van der Waals surface area contributed by atoms with Gasteiger partial charge in [-0.05, 0) is 25.1 Å². The highest BCUT2D eigenvalue weighted by Gasteiger charge is 2.02. The van der Waals surface area contributed by atoms with Gasteiger partial charge in [-0.2, -0.15) is 0 Å². The lowest BCUT2D eigenvalue weighted by molar-refractivity contribution is 0.371. The third kappa shape index (κ3) is 0.906. The number of hydrogen-bond acceptors (Lipinski definition) is 3. The summed E-state index contributed by atoms with van der Waals surface area (Å²) in [6.45, 7) is 1.79. The monoisotopic (exact) mass is 160 g/mol. The first kappa shape index (κ1) is 7.03. The van der Waals surface area contributed by atoms with Crippen LogP contribution in [0.1, 0.15) is 5.69 Å². The van der Waals surface area contributed by atoms with Crippen molar-refractivity contribution in [3.8, 4) is 0 Å². The molecular formula is C9H6NO2. The van der Waals surface area contributed by atoms with Crippen LogP contribution in [0.15, 0.2) is 27.5 Å². The van der Waals surface area contributed by atoms with Gasteiger partial charge in [0, 0.05) is 5.39 Å². The van der Waals surface area contributed by atoms with Crippen LogP contribution in [-0.2, 0) is 0 Å². The molecule has 3 nitrogen and oxygen atoms in total. The van der Waals surface area contributed by atoms with Crippen molar-refractivity contribution in [2.24, 2.45) is 0 Å². The highest BCUT2D eigenvalue weighted by Crippen LogP contribution is 2.10. The molecule has 0 fully saturated rings. The number of aryl methyl sites for hydroxylation is 1. The number of nitrogens with zero attached hydrogens (tertiary/aromatic N) is 1. The standard InChI is InChI=1S/C9H6NO2/c1-6-7-4-2-3-5-8(7)9(11)12-10-6/h3-5H,1H3. The summed E-state index contributed by atoms with van der Waals surface area (Å²) in [5, 5.41) is 4.96. The summed E-state index contributed by atoms with van der Waals surface area (Å²) < 4.78 is 4.55. The van der Waals surface area contributed by atoms with E-state index in [4.69, 9.17) is 0 Å². The number of fused-ring (bicyclic) bond motifs is 1. The van der Waals surface area contributed by atoms with Gasteiger partial charge in [0.2, 0.25) is 0 Å². The van der Waals surface area contributed by atoms with Gasteiger partial charge in [0.1, 0.15) is 0 Å². The summed E-state index contributed by atoms with van der Waals surface area (Å²) in [6, 6.07) is 7.97. The van der Waals surface area contributed by atoms with E-state index in [1.807, 2.05) is 0 Å². The van der Waals surface area contributed by atoms with Crippen molar-refractivity contribution >= 4 is 10.8 Å². The van der Waals surface area contributed by atoms with Crippen LogP contribution in [0.5, 0.6) is 0 Å².